The van der Waals surface area contributed by atoms with Crippen LogP contribution in [0.3, 0.4) is 0 Å². The van der Waals surface area contributed by atoms with Gasteiger partial charge in [0, 0.05) is 70.0 Å². The molecular formula is C31H39F3N4O2. The zero-order valence-electron chi connectivity index (χ0n) is 23.1. The number of anilines is 1. The van der Waals surface area contributed by atoms with E-state index < -0.39 is 11.7 Å². The van der Waals surface area contributed by atoms with Gasteiger partial charge < -0.3 is 14.7 Å². The second-order valence-corrected chi connectivity index (χ2v) is 11.3. The van der Waals surface area contributed by atoms with Crippen molar-refractivity contribution in [1.29, 1.82) is 0 Å². The van der Waals surface area contributed by atoms with Crippen molar-refractivity contribution >= 4 is 17.5 Å². The molecule has 2 fully saturated rings. The molecule has 0 N–H and O–H groups in total. The highest BCUT2D eigenvalue weighted by molar-refractivity contribution is 5.94. The average molecular weight is 557 g/mol. The Hall–Kier alpha value is -3.07. The Morgan fingerprint density at radius 1 is 0.750 bits per heavy atom. The van der Waals surface area contributed by atoms with Crippen LogP contribution in [0, 0.1) is 0 Å². The number of piperazine rings is 1. The van der Waals surface area contributed by atoms with Crippen molar-refractivity contribution in [3.8, 4) is 0 Å². The minimum atomic E-state index is -4.32. The molecule has 3 aliphatic heterocycles. The van der Waals surface area contributed by atoms with Gasteiger partial charge in [0.05, 0.1) is 5.56 Å². The second kappa shape index (κ2) is 12.6. The highest BCUT2D eigenvalue weighted by Gasteiger charge is 2.31. The number of nitrogens with zero attached hydrogens (tertiary/aromatic N) is 4. The zero-order chi connectivity index (χ0) is 28.1. The van der Waals surface area contributed by atoms with Gasteiger partial charge in [0.2, 0.25) is 5.91 Å². The summed E-state index contributed by atoms with van der Waals surface area (Å²) in [6.07, 6.45) is 2.33. The maximum Gasteiger partial charge on any atom is 0.416 e. The standard InChI is InChI=1S/C31H39F3N4O2/c32-31(33,34)27-8-7-9-28(21-27)36-18-16-35(17-19-36)13-4-1-3-10-29(39)38-22-25-12-11-24(20-26(25)23-38)30(40)37-14-5-2-6-15-37/h7-9,11-12,20-21H,1-6,10,13-19,22-23H2. The summed E-state index contributed by atoms with van der Waals surface area (Å²) < 4.78 is 39.1. The topological polar surface area (TPSA) is 47.1 Å². The van der Waals surface area contributed by atoms with Gasteiger partial charge in [0.25, 0.3) is 5.91 Å². The molecular weight excluding hydrogens is 517 g/mol. The van der Waals surface area contributed by atoms with E-state index in [1.54, 1.807) is 6.07 Å². The lowest BCUT2D eigenvalue weighted by molar-refractivity contribution is -0.137. The Kier molecular flexibility index (Phi) is 8.98. The molecule has 2 saturated heterocycles. The van der Waals surface area contributed by atoms with Crippen LogP contribution in [0.1, 0.15) is 72.0 Å². The fourth-order valence-corrected chi connectivity index (χ4v) is 6.04. The summed E-state index contributed by atoms with van der Waals surface area (Å²) in [6, 6.07) is 11.5. The first-order chi connectivity index (χ1) is 19.3. The zero-order valence-corrected chi connectivity index (χ0v) is 23.1. The lowest BCUT2D eigenvalue weighted by Gasteiger charge is -2.36. The summed E-state index contributed by atoms with van der Waals surface area (Å²) in [4.78, 5) is 33.9. The summed E-state index contributed by atoms with van der Waals surface area (Å²) in [5.74, 6) is 0.263. The van der Waals surface area contributed by atoms with E-state index in [-0.39, 0.29) is 11.8 Å². The third kappa shape index (κ3) is 6.97. The van der Waals surface area contributed by atoms with Gasteiger partial charge in [-0.2, -0.15) is 13.2 Å². The van der Waals surface area contributed by atoms with Crippen molar-refractivity contribution < 1.29 is 22.8 Å². The average Bonchev–Trinajstić information content (AvgIpc) is 3.41. The molecule has 3 aliphatic rings. The minimum absolute atomic E-state index is 0.101. The molecule has 40 heavy (non-hydrogen) atoms. The SMILES string of the molecule is O=C(CCCCCN1CCN(c2cccc(C(F)(F)F)c2)CC1)N1Cc2ccc(C(=O)N3CCCCC3)cc2C1. The van der Waals surface area contributed by atoms with Gasteiger partial charge >= 0.3 is 6.18 Å². The van der Waals surface area contributed by atoms with Crippen molar-refractivity contribution in [2.45, 2.75) is 64.2 Å². The van der Waals surface area contributed by atoms with E-state index in [0.717, 1.165) is 87.6 Å². The van der Waals surface area contributed by atoms with E-state index in [9.17, 15) is 22.8 Å². The lowest BCUT2D eigenvalue weighted by Crippen LogP contribution is -2.46. The first-order valence-electron chi connectivity index (χ1n) is 14.6. The van der Waals surface area contributed by atoms with Crippen LogP contribution in [-0.4, -0.2) is 72.3 Å². The highest BCUT2D eigenvalue weighted by atomic mass is 19.4. The molecule has 0 unspecified atom stereocenters. The highest BCUT2D eigenvalue weighted by Crippen LogP contribution is 2.32. The lowest BCUT2D eigenvalue weighted by atomic mass is 10.0. The first kappa shape index (κ1) is 28.5. The summed E-state index contributed by atoms with van der Waals surface area (Å²) in [6.45, 7) is 6.85. The number of alkyl halides is 3. The summed E-state index contributed by atoms with van der Waals surface area (Å²) in [7, 11) is 0. The largest absolute Gasteiger partial charge is 0.416 e. The van der Waals surface area contributed by atoms with Crippen molar-refractivity contribution in [2.24, 2.45) is 0 Å². The Bertz CT molecular complexity index is 1190. The number of hydrogen-bond acceptors (Lipinski definition) is 4. The molecule has 2 aromatic rings. The number of likely N-dealkylation sites (tertiary alicyclic amines) is 1. The van der Waals surface area contributed by atoms with Gasteiger partial charge in [-0.05, 0) is 80.1 Å². The number of fused-ring (bicyclic) bond motifs is 1. The predicted molar refractivity (Wildman–Crippen MR) is 149 cm³/mol. The number of rotatable bonds is 8. The van der Waals surface area contributed by atoms with Crippen LogP contribution in [0.4, 0.5) is 18.9 Å². The van der Waals surface area contributed by atoms with E-state index in [1.165, 1.54) is 18.6 Å². The van der Waals surface area contributed by atoms with E-state index >= 15 is 0 Å². The molecule has 0 aromatic heterocycles. The molecule has 216 valence electrons. The number of benzene rings is 2. The van der Waals surface area contributed by atoms with Crippen molar-refractivity contribution in [3.63, 3.8) is 0 Å². The molecule has 2 aromatic carbocycles. The molecule has 0 aliphatic carbocycles. The van der Waals surface area contributed by atoms with E-state index in [4.69, 9.17) is 0 Å². The van der Waals surface area contributed by atoms with Crippen molar-refractivity contribution in [1.82, 2.24) is 14.7 Å². The van der Waals surface area contributed by atoms with Gasteiger partial charge in [0.15, 0.2) is 0 Å². The molecule has 3 heterocycles. The van der Waals surface area contributed by atoms with Gasteiger partial charge in [-0.1, -0.05) is 18.6 Å². The quantitative estimate of drug-likeness (QED) is 0.400. The first-order valence-corrected chi connectivity index (χ1v) is 14.6. The molecule has 2 amide bonds. The molecule has 0 bridgehead atoms. The number of carbonyl (C=O) groups excluding carboxylic acids is 2. The van der Waals surface area contributed by atoms with Crippen molar-refractivity contribution in [3.05, 3.63) is 64.7 Å². The Morgan fingerprint density at radius 2 is 1.50 bits per heavy atom. The smallest absolute Gasteiger partial charge is 0.369 e. The van der Waals surface area contributed by atoms with Crippen molar-refractivity contribution in [2.75, 3.05) is 50.7 Å². The molecule has 5 rings (SSSR count). The summed E-state index contributed by atoms with van der Waals surface area (Å²) in [5, 5.41) is 0. The monoisotopic (exact) mass is 556 g/mol. The number of unbranched alkanes of at least 4 members (excludes halogenated alkanes) is 2. The Morgan fingerprint density at radius 3 is 2.25 bits per heavy atom. The van der Waals surface area contributed by atoms with Gasteiger partial charge in [0.1, 0.15) is 0 Å². The summed E-state index contributed by atoms with van der Waals surface area (Å²) >= 11 is 0. The molecule has 9 heteroatoms. The fraction of sp³-hybridized carbons (Fsp3) is 0.548. The van der Waals surface area contributed by atoms with Crippen LogP contribution in [0.5, 0.6) is 0 Å². The van der Waals surface area contributed by atoms with Gasteiger partial charge in [-0.3, -0.25) is 14.5 Å². The van der Waals surface area contributed by atoms with Crippen LogP contribution >= 0.6 is 0 Å². The van der Waals surface area contributed by atoms with E-state index in [1.807, 2.05) is 32.9 Å². The molecule has 0 atom stereocenters. The van der Waals surface area contributed by atoms with Crippen LogP contribution in [0.2, 0.25) is 0 Å². The van der Waals surface area contributed by atoms with Crippen LogP contribution in [-0.2, 0) is 24.1 Å². The fourth-order valence-electron chi connectivity index (χ4n) is 6.04. The number of carbonyl (C=O) groups is 2. The molecule has 0 spiro atoms. The van der Waals surface area contributed by atoms with E-state index in [2.05, 4.69) is 4.90 Å². The normalized spacial score (nSPS) is 18.2. The third-order valence-corrected chi connectivity index (χ3v) is 8.45. The number of amides is 2. The maximum atomic E-state index is 13.0. The number of hydrogen-bond donors (Lipinski definition) is 0. The van der Waals surface area contributed by atoms with Gasteiger partial charge in [-0.15, -0.1) is 0 Å². The maximum absolute atomic E-state index is 13.0. The van der Waals surface area contributed by atoms with Crippen LogP contribution in [0.25, 0.3) is 0 Å². The number of halogens is 3. The number of piperidine rings is 1. The van der Waals surface area contributed by atoms with Crippen LogP contribution in [0.15, 0.2) is 42.5 Å². The van der Waals surface area contributed by atoms with E-state index in [0.29, 0.717) is 38.3 Å². The Labute approximate surface area is 234 Å². The Balaban J connectivity index is 0.991. The van der Waals surface area contributed by atoms with Gasteiger partial charge in [-0.25, -0.2) is 0 Å². The predicted octanol–water partition coefficient (Wildman–Crippen LogP) is 5.56. The minimum Gasteiger partial charge on any atom is -0.369 e. The second-order valence-electron chi connectivity index (χ2n) is 11.3. The third-order valence-electron chi connectivity index (χ3n) is 8.45. The van der Waals surface area contributed by atoms with Crippen LogP contribution < -0.4 is 4.90 Å². The summed E-state index contributed by atoms with van der Waals surface area (Å²) in [5.41, 5.74) is 2.97. The molecule has 0 radical (unpaired) electrons. The molecule has 0 saturated carbocycles. The molecule has 6 nitrogen and oxygen atoms in total.